The number of hydrogen-bond acceptors (Lipinski definition) is 5. The molecular weight excluding hydrogens is 744 g/mol. The van der Waals surface area contributed by atoms with Gasteiger partial charge in [-0.2, -0.15) is 0 Å². The SMILES string of the molecule is CCCCC1=N/C(=C\c2ccc(Br)cc2)C(=O)N1Cc1ccc(-c2ccccc2-c2nnn(C(c3ccccc3)(c3ccccc3)c3ccccc3)n2)cc1. The van der Waals surface area contributed by atoms with Crippen molar-refractivity contribution < 1.29 is 4.79 Å². The van der Waals surface area contributed by atoms with Crippen LogP contribution in [0.1, 0.15) is 54.0 Å². The summed E-state index contributed by atoms with van der Waals surface area (Å²) in [5.74, 6) is 1.27. The molecule has 7 nitrogen and oxygen atoms in total. The summed E-state index contributed by atoms with van der Waals surface area (Å²) in [6.07, 6.45) is 4.61. The molecule has 1 aliphatic heterocycles. The minimum atomic E-state index is -0.870. The summed E-state index contributed by atoms with van der Waals surface area (Å²) in [7, 11) is 0. The van der Waals surface area contributed by atoms with Crippen molar-refractivity contribution in [1.82, 2.24) is 25.1 Å². The van der Waals surface area contributed by atoms with Gasteiger partial charge in [0.1, 0.15) is 11.5 Å². The molecule has 0 aliphatic carbocycles. The van der Waals surface area contributed by atoms with Gasteiger partial charge in [-0.15, -0.1) is 15.0 Å². The van der Waals surface area contributed by atoms with Crippen LogP contribution in [-0.4, -0.2) is 36.8 Å². The number of amides is 1. The van der Waals surface area contributed by atoms with Crippen LogP contribution in [0.2, 0.25) is 0 Å². The van der Waals surface area contributed by atoms with E-state index in [4.69, 9.17) is 20.4 Å². The molecule has 0 unspecified atom stereocenters. The Morgan fingerprint density at radius 2 is 1.24 bits per heavy atom. The number of aliphatic imine (C=N–C) groups is 1. The van der Waals surface area contributed by atoms with E-state index in [0.717, 1.165) is 74.1 Å². The quantitative estimate of drug-likeness (QED) is 0.0913. The van der Waals surface area contributed by atoms with Crippen molar-refractivity contribution in [3.63, 3.8) is 0 Å². The molecule has 0 N–H and O–H groups in total. The van der Waals surface area contributed by atoms with Crippen LogP contribution in [0.15, 0.2) is 179 Å². The second-order valence-electron chi connectivity index (χ2n) is 13.6. The lowest BCUT2D eigenvalue weighted by molar-refractivity contribution is -0.123. The van der Waals surface area contributed by atoms with Crippen molar-refractivity contribution in [2.75, 3.05) is 0 Å². The number of hydrogen-bond donors (Lipinski definition) is 0. The van der Waals surface area contributed by atoms with Crippen LogP contribution in [0.3, 0.4) is 0 Å². The number of aromatic nitrogens is 4. The van der Waals surface area contributed by atoms with Gasteiger partial charge in [0.15, 0.2) is 5.54 Å². The molecule has 1 amide bonds. The van der Waals surface area contributed by atoms with Crippen LogP contribution >= 0.6 is 15.9 Å². The van der Waals surface area contributed by atoms with Gasteiger partial charge in [-0.25, -0.2) is 4.99 Å². The second kappa shape index (κ2) is 16.0. The minimum Gasteiger partial charge on any atom is -0.290 e. The molecule has 55 heavy (non-hydrogen) atoms. The Balaban J connectivity index is 1.11. The number of carbonyl (C=O) groups is 1. The normalized spacial score (nSPS) is 13.7. The number of amidine groups is 1. The summed E-state index contributed by atoms with van der Waals surface area (Å²) in [5.41, 5.74) is 7.50. The van der Waals surface area contributed by atoms with Gasteiger partial charge in [-0.05, 0) is 68.8 Å². The van der Waals surface area contributed by atoms with E-state index in [9.17, 15) is 4.79 Å². The summed E-state index contributed by atoms with van der Waals surface area (Å²) in [4.78, 5) is 22.1. The van der Waals surface area contributed by atoms with Crippen molar-refractivity contribution in [2.24, 2.45) is 4.99 Å². The van der Waals surface area contributed by atoms with Gasteiger partial charge >= 0.3 is 0 Å². The third kappa shape index (κ3) is 7.21. The molecule has 0 radical (unpaired) electrons. The molecule has 7 aromatic rings. The van der Waals surface area contributed by atoms with E-state index < -0.39 is 5.54 Å². The van der Waals surface area contributed by atoms with Gasteiger partial charge in [0.25, 0.3) is 5.91 Å². The van der Waals surface area contributed by atoms with Crippen LogP contribution in [0.4, 0.5) is 0 Å². The van der Waals surface area contributed by atoms with Crippen LogP contribution < -0.4 is 0 Å². The third-order valence-corrected chi connectivity index (χ3v) is 10.5. The first-order valence-electron chi connectivity index (χ1n) is 18.6. The van der Waals surface area contributed by atoms with Crippen molar-refractivity contribution in [2.45, 2.75) is 38.3 Å². The van der Waals surface area contributed by atoms with E-state index in [-0.39, 0.29) is 5.91 Å². The Morgan fingerprint density at radius 3 is 1.82 bits per heavy atom. The fraction of sp³-hybridized carbons (Fsp3) is 0.128. The molecule has 6 aromatic carbocycles. The summed E-state index contributed by atoms with van der Waals surface area (Å²) >= 11 is 3.49. The van der Waals surface area contributed by atoms with Crippen molar-refractivity contribution in [3.05, 3.63) is 202 Å². The molecule has 270 valence electrons. The highest BCUT2D eigenvalue weighted by atomic mass is 79.9. The zero-order chi connectivity index (χ0) is 37.6. The van der Waals surface area contributed by atoms with E-state index in [0.29, 0.717) is 18.1 Å². The highest BCUT2D eigenvalue weighted by Gasteiger charge is 2.41. The number of carbonyl (C=O) groups excluding carboxylic acids is 1. The number of nitrogens with zero attached hydrogens (tertiary/aromatic N) is 6. The Morgan fingerprint density at radius 1 is 0.673 bits per heavy atom. The van der Waals surface area contributed by atoms with Crippen molar-refractivity contribution in [1.29, 1.82) is 0 Å². The maximum atomic E-state index is 13.7. The summed E-state index contributed by atoms with van der Waals surface area (Å²) in [6, 6.07) is 55.5. The van der Waals surface area contributed by atoms with E-state index >= 15 is 0 Å². The van der Waals surface area contributed by atoms with Gasteiger partial charge in [0, 0.05) is 16.5 Å². The van der Waals surface area contributed by atoms with Gasteiger partial charge in [0.2, 0.25) is 5.82 Å². The molecule has 0 fully saturated rings. The van der Waals surface area contributed by atoms with Gasteiger partial charge in [-0.3, -0.25) is 9.69 Å². The lowest BCUT2D eigenvalue weighted by Crippen LogP contribution is -2.39. The largest absolute Gasteiger partial charge is 0.290 e. The summed E-state index contributed by atoms with van der Waals surface area (Å²) < 4.78 is 0.992. The summed E-state index contributed by atoms with van der Waals surface area (Å²) in [6.45, 7) is 2.59. The van der Waals surface area contributed by atoms with Crippen LogP contribution in [0.5, 0.6) is 0 Å². The lowest BCUT2D eigenvalue weighted by atomic mass is 9.77. The fourth-order valence-corrected chi connectivity index (χ4v) is 7.52. The monoisotopic (exact) mass is 782 g/mol. The molecule has 0 spiro atoms. The average Bonchev–Trinajstić information content (AvgIpc) is 3.84. The van der Waals surface area contributed by atoms with Gasteiger partial charge in [-0.1, -0.05) is 181 Å². The Kier molecular flexibility index (Phi) is 10.4. The van der Waals surface area contributed by atoms with Gasteiger partial charge in [0.05, 0.1) is 6.54 Å². The molecule has 1 aromatic heterocycles. The standard InChI is InChI=1S/C47H39BrN6O/c1-2-3-23-44-49-43(32-34-26-30-40(48)31-27-34)46(55)53(44)33-35-24-28-36(29-25-35)41-21-13-14-22-42(41)45-50-52-54(51-45)47(37-15-7-4-8-16-37,38-17-9-5-10-18-38)39-19-11-6-12-20-39/h4-22,24-32H,2-3,23,33H2,1H3/b43-32-. The highest BCUT2D eigenvalue weighted by Crippen LogP contribution is 2.40. The zero-order valence-corrected chi connectivity index (χ0v) is 32.0. The minimum absolute atomic E-state index is 0.0739. The van der Waals surface area contributed by atoms with Crippen LogP contribution in [0.25, 0.3) is 28.6 Å². The number of benzene rings is 6. The molecular formula is C47H39BrN6O. The maximum Gasteiger partial charge on any atom is 0.278 e. The Bertz CT molecular complexity index is 2360. The first kappa shape index (κ1) is 35.8. The number of halogens is 1. The second-order valence-corrected chi connectivity index (χ2v) is 14.5. The van der Waals surface area contributed by atoms with E-state index in [1.807, 2.05) is 108 Å². The van der Waals surface area contributed by atoms with Crippen molar-refractivity contribution >= 4 is 33.7 Å². The van der Waals surface area contributed by atoms with Crippen LogP contribution in [-0.2, 0) is 16.9 Å². The first-order chi connectivity index (χ1) is 27.0. The lowest BCUT2D eigenvalue weighted by Gasteiger charge is -2.34. The number of unbranched alkanes of at least 4 members (excludes halogenated alkanes) is 1. The molecule has 0 bridgehead atoms. The first-order valence-corrected chi connectivity index (χ1v) is 19.4. The molecule has 8 rings (SSSR count). The van der Waals surface area contributed by atoms with E-state index in [2.05, 4.69) is 89.6 Å². The third-order valence-electron chi connectivity index (χ3n) is 10.0. The Hall–Kier alpha value is -6.25. The van der Waals surface area contributed by atoms with E-state index in [1.165, 1.54) is 0 Å². The smallest absolute Gasteiger partial charge is 0.278 e. The molecule has 0 saturated heterocycles. The number of tetrazole rings is 1. The van der Waals surface area contributed by atoms with Crippen molar-refractivity contribution in [3.8, 4) is 22.5 Å². The Labute approximate surface area is 329 Å². The average molecular weight is 784 g/mol. The molecule has 0 atom stereocenters. The zero-order valence-electron chi connectivity index (χ0n) is 30.5. The topological polar surface area (TPSA) is 76.3 Å². The molecule has 1 aliphatic rings. The predicted octanol–water partition coefficient (Wildman–Crippen LogP) is 10.6. The van der Waals surface area contributed by atoms with Crippen LogP contribution in [0, 0.1) is 0 Å². The summed E-state index contributed by atoms with van der Waals surface area (Å²) in [5, 5.41) is 14.7. The predicted molar refractivity (Wildman–Crippen MR) is 223 cm³/mol. The van der Waals surface area contributed by atoms with E-state index in [1.54, 1.807) is 4.80 Å². The molecule has 0 saturated carbocycles. The molecule has 2 heterocycles. The maximum absolute atomic E-state index is 13.7. The highest BCUT2D eigenvalue weighted by molar-refractivity contribution is 9.10. The fourth-order valence-electron chi connectivity index (χ4n) is 7.25. The van der Waals surface area contributed by atoms with Gasteiger partial charge < -0.3 is 0 Å². The number of rotatable bonds is 12. The molecule has 8 heteroatoms.